The molecule has 0 rings (SSSR count). The van der Waals surface area contributed by atoms with E-state index in [0.717, 1.165) is 13.1 Å². The number of nitrogens with zero attached hydrogens (tertiary/aromatic N) is 1. The van der Waals surface area contributed by atoms with Gasteiger partial charge in [0.25, 0.3) is 0 Å². The first-order valence-corrected chi connectivity index (χ1v) is 5.08. The van der Waals surface area contributed by atoms with Gasteiger partial charge in [0, 0.05) is 19.6 Å². The summed E-state index contributed by atoms with van der Waals surface area (Å²) in [5.74, 6) is 0.0246. The van der Waals surface area contributed by atoms with Gasteiger partial charge >= 0.3 is 0 Å². The Morgan fingerprint density at radius 3 is 2.21 bits per heavy atom. The Labute approximate surface area is 86.4 Å². The molecule has 0 unspecified atom stereocenters. The van der Waals surface area contributed by atoms with Gasteiger partial charge in [0.15, 0.2) is 0 Å². The zero-order valence-corrected chi connectivity index (χ0v) is 9.67. The number of hydrogen-bond acceptors (Lipinski definition) is 3. The van der Waals surface area contributed by atoms with Gasteiger partial charge in [0.05, 0.1) is 5.60 Å². The highest BCUT2D eigenvalue weighted by Crippen LogP contribution is 2.06. The number of ether oxygens (including phenoxy) is 1. The summed E-state index contributed by atoms with van der Waals surface area (Å²) >= 11 is 0. The van der Waals surface area contributed by atoms with Crippen LogP contribution in [0.2, 0.25) is 0 Å². The Morgan fingerprint density at radius 1 is 1.36 bits per heavy atom. The van der Waals surface area contributed by atoms with Crippen LogP contribution in [-0.2, 0) is 9.53 Å². The molecule has 0 aromatic rings. The molecule has 0 aliphatic rings. The number of likely N-dealkylation sites (N-methyl/N-ethyl adjacent to an activating group) is 1. The van der Waals surface area contributed by atoms with Crippen LogP contribution in [-0.4, -0.2) is 42.6 Å². The first kappa shape index (κ1) is 13.4. The summed E-state index contributed by atoms with van der Waals surface area (Å²) in [5, 5.41) is 0. The molecule has 0 saturated heterocycles. The van der Waals surface area contributed by atoms with Crippen molar-refractivity contribution >= 4 is 5.91 Å². The summed E-state index contributed by atoms with van der Waals surface area (Å²) < 4.78 is 5.41. The zero-order chi connectivity index (χ0) is 11.2. The van der Waals surface area contributed by atoms with Gasteiger partial charge in [-0.2, -0.15) is 0 Å². The molecule has 0 fully saturated rings. The van der Waals surface area contributed by atoms with Crippen LogP contribution in [0.15, 0.2) is 0 Å². The highest BCUT2D eigenvalue weighted by molar-refractivity contribution is 5.77. The van der Waals surface area contributed by atoms with E-state index in [0.29, 0.717) is 6.54 Å². The molecule has 0 saturated carbocycles. The van der Waals surface area contributed by atoms with E-state index in [2.05, 4.69) is 0 Å². The van der Waals surface area contributed by atoms with E-state index < -0.39 is 5.60 Å². The maximum Gasteiger partial charge on any atom is 0.248 e. The number of nitrogens with two attached hydrogens (primary N) is 1. The standard InChI is InChI=1S/C10H22N2O2/c1-5-12(6-2)9(13)7-14-10(3,4)8-11/h5-8,11H2,1-4H3. The van der Waals surface area contributed by atoms with E-state index in [-0.39, 0.29) is 12.5 Å². The lowest BCUT2D eigenvalue weighted by Crippen LogP contribution is -2.40. The summed E-state index contributed by atoms with van der Waals surface area (Å²) in [6, 6.07) is 0. The van der Waals surface area contributed by atoms with Crippen molar-refractivity contribution in [2.24, 2.45) is 5.73 Å². The Morgan fingerprint density at radius 2 is 1.86 bits per heavy atom. The molecule has 0 radical (unpaired) electrons. The summed E-state index contributed by atoms with van der Waals surface area (Å²) in [4.78, 5) is 13.3. The van der Waals surface area contributed by atoms with Crippen LogP contribution in [0.3, 0.4) is 0 Å². The number of amides is 1. The van der Waals surface area contributed by atoms with Crippen LogP contribution >= 0.6 is 0 Å². The minimum absolute atomic E-state index is 0.0246. The Hall–Kier alpha value is -0.610. The first-order chi connectivity index (χ1) is 6.46. The third-order valence-electron chi connectivity index (χ3n) is 2.19. The van der Waals surface area contributed by atoms with Gasteiger partial charge < -0.3 is 15.4 Å². The second kappa shape index (κ2) is 5.98. The predicted molar refractivity (Wildman–Crippen MR) is 57.0 cm³/mol. The van der Waals surface area contributed by atoms with Crippen LogP contribution in [0.5, 0.6) is 0 Å². The van der Waals surface area contributed by atoms with E-state index in [1.807, 2.05) is 27.7 Å². The number of carbonyl (C=O) groups excluding carboxylic acids is 1. The second-order valence-electron chi connectivity index (χ2n) is 3.82. The lowest BCUT2D eigenvalue weighted by Gasteiger charge is -2.25. The van der Waals surface area contributed by atoms with Gasteiger partial charge in [-0.1, -0.05) is 0 Å². The number of rotatable bonds is 6. The van der Waals surface area contributed by atoms with Gasteiger partial charge in [0.2, 0.25) is 5.91 Å². The zero-order valence-electron chi connectivity index (χ0n) is 9.67. The van der Waals surface area contributed by atoms with E-state index in [1.54, 1.807) is 4.90 Å². The lowest BCUT2D eigenvalue weighted by molar-refractivity contribution is -0.140. The Balaban J connectivity index is 3.95. The van der Waals surface area contributed by atoms with E-state index in [4.69, 9.17) is 10.5 Å². The van der Waals surface area contributed by atoms with Crippen molar-refractivity contribution in [3.8, 4) is 0 Å². The van der Waals surface area contributed by atoms with E-state index >= 15 is 0 Å². The molecule has 0 atom stereocenters. The smallest absolute Gasteiger partial charge is 0.248 e. The molecule has 4 nitrogen and oxygen atoms in total. The number of hydrogen-bond donors (Lipinski definition) is 1. The van der Waals surface area contributed by atoms with Crippen molar-refractivity contribution < 1.29 is 9.53 Å². The van der Waals surface area contributed by atoms with Crippen molar-refractivity contribution in [1.82, 2.24) is 4.90 Å². The molecule has 0 aliphatic heterocycles. The van der Waals surface area contributed by atoms with Crippen molar-refractivity contribution in [3.63, 3.8) is 0 Å². The number of carbonyl (C=O) groups is 1. The fraction of sp³-hybridized carbons (Fsp3) is 0.900. The molecule has 2 N–H and O–H groups in total. The van der Waals surface area contributed by atoms with Crippen molar-refractivity contribution in [1.29, 1.82) is 0 Å². The molecular formula is C10H22N2O2. The Bertz CT molecular complexity index is 177. The molecule has 0 aliphatic carbocycles. The molecule has 0 aromatic carbocycles. The quantitative estimate of drug-likeness (QED) is 0.686. The van der Waals surface area contributed by atoms with Gasteiger partial charge in [-0.15, -0.1) is 0 Å². The van der Waals surface area contributed by atoms with E-state index in [9.17, 15) is 4.79 Å². The van der Waals surface area contributed by atoms with Crippen molar-refractivity contribution in [3.05, 3.63) is 0 Å². The summed E-state index contributed by atoms with van der Waals surface area (Å²) in [5.41, 5.74) is 5.07. The monoisotopic (exact) mass is 202 g/mol. The Kier molecular flexibility index (Phi) is 5.72. The third-order valence-corrected chi connectivity index (χ3v) is 2.19. The first-order valence-electron chi connectivity index (χ1n) is 5.08. The average molecular weight is 202 g/mol. The van der Waals surface area contributed by atoms with Crippen LogP contribution in [0, 0.1) is 0 Å². The van der Waals surface area contributed by atoms with Crippen LogP contribution < -0.4 is 5.73 Å². The van der Waals surface area contributed by atoms with E-state index in [1.165, 1.54) is 0 Å². The molecule has 0 aromatic heterocycles. The third kappa shape index (κ3) is 4.58. The average Bonchev–Trinajstić information content (AvgIpc) is 2.17. The summed E-state index contributed by atoms with van der Waals surface area (Å²) in [6.45, 7) is 9.64. The van der Waals surface area contributed by atoms with Gasteiger partial charge in [-0.3, -0.25) is 4.79 Å². The maximum atomic E-state index is 11.5. The molecule has 0 spiro atoms. The predicted octanol–water partition coefficient (Wildman–Crippen LogP) is 0.609. The minimum Gasteiger partial charge on any atom is -0.364 e. The summed E-state index contributed by atoms with van der Waals surface area (Å²) in [6.07, 6.45) is 0. The minimum atomic E-state index is -0.414. The van der Waals surface area contributed by atoms with Gasteiger partial charge in [-0.05, 0) is 27.7 Å². The molecule has 0 bridgehead atoms. The largest absolute Gasteiger partial charge is 0.364 e. The van der Waals surface area contributed by atoms with Crippen LogP contribution in [0.1, 0.15) is 27.7 Å². The van der Waals surface area contributed by atoms with Crippen LogP contribution in [0.25, 0.3) is 0 Å². The lowest BCUT2D eigenvalue weighted by atomic mass is 10.1. The molecule has 1 amide bonds. The molecule has 84 valence electrons. The summed E-state index contributed by atoms with van der Waals surface area (Å²) in [7, 11) is 0. The highest BCUT2D eigenvalue weighted by Gasteiger charge is 2.19. The van der Waals surface area contributed by atoms with Crippen molar-refractivity contribution in [2.45, 2.75) is 33.3 Å². The highest BCUT2D eigenvalue weighted by atomic mass is 16.5. The molecule has 14 heavy (non-hydrogen) atoms. The molecular weight excluding hydrogens is 180 g/mol. The topological polar surface area (TPSA) is 55.6 Å². The van der Waals surface area contributed by atoms with Crippen molar-refractivity contribution in [2.75, 3.05) is 26.2 Å². The molecule has 0 heterocycles. The van der Waals surface area contributed by atoms with Crippen LogP contribution in [0.4, 0.5) is 0 Å². The molecule has 4 heteroatoms. The van der Waals surface area contributed by atoms with Gasteiger partial charge in [-0.25, -0.2) is 0 Å². The fourth-order valence-corrected chi connectivity index (χ4v) is 0.984. The fourth-order valence-electron chi connectivity index (χ4n) is 0.984. The second-order valence-corrected chi connectivity index (χ2v) is 3.82. The SMILES string of the molecule is CCN(CC)C(=O)COC(C)(C)CN. The van der Waals surface area contributed by atoms with Gasteiger partial charge in [0.1, 0.15) is 6.61 Å². The normalized spacial score (nSPS) is 11.5. The maximum absolute atomic E-state index is 11.5.